The van der Waals surface area contributed by atoms with E-state index in [0.29, 0.717) is 39.1 Å². The van der Waals surface area contributed by atoms with Crippen molar-refractivity contribution in [2.45, 2.75) is 45.7 Å². The molecular formula is C36H36ClN7O2. The number of anilines is 1. The molecule has 0 aliphatic carbocycles. The van der Waals surface area contributed by atoms with Crippen LogP contribution in [0, 0.1) is 18.3 Å². The van der Waals surface area contributed by atoms with Gasteiger partial charge in [-0.25, -0.2) is 9.97 Å². The molecule has 2 aromatic heterocycles. The lowest BCUT2D eigenvalue weighted by atomic mass is 9.96. The minimum atomic E-state index is -0.302. The lowest BCUT2D eigenvalue weighted by molar-refractivity contribution is 0.101. The number of likely N-dealkylation sites (tertiary alicyclic amines) is 1. The zero-order valence-corrected chi connectivity index (χ0v) is 27.1. The van der Waals surface area contributed by atoms with Crippen molar-refractivity contribution in [2.75, 3.05) is 32.0 Å². The molecule has 4 heterocycles. The Morgan fingerprint density at radius 2 is 1.78 bits per heavy atom. The summed E-state index contributed by atoms with van der Waals surface area (Å²) >= 11 is 6.98. The Hall–Kier alpha value is -4.49. The van der Waals surface area contributed by atoms with Crippen LogP contribution in [0.4, 0.5) is 5.69 Å². The maximum atomic E-state index is 13.4. The van der Waals surface area contributed by atoms with E-state index in [9.17, 15) is 10.1 Å². The number of carbonyl (C=O) groups excluding carboxylic acids is 1. The van der Waals surface area contributed by atoms with E-state index in [1.807, 2.05) is 61.0 Å². The lowest BCUT2D eigenvalue weighted by Gasteiger charge is -2.26. The molecule has 2 aliphatic rings. The van der Waals surface area contributed by atoms with Gasteiger partial charge >= 0.3 is 0 Å². The molecule has 46 heavy (non-hydrogen) atoms. The molecule has 1 amide bonds. The van der Waals surface area contributed by atoms with Crippen molar-refractivity contribution in [1.29, 1.82) is 5.26 Å². The third kappa shape index (κ3) is 5.58. The molecule has 0 atom stereocenters. The molecule has 1 N–H and O–H groups in total. The highest BCUT2D eigenvalue weighted by Crippen LogP contribution is 2.39. The summed E-state index contributed by atoms with van der Waals surface area (Å²) in [6.07, 6.45) is 4.55. The highest BCUT2D eigenvalue weighted by molar-refractivity contribution is 6.36. The third-order valence-corrected chi connectivity index (χ3v) is 9.68. The summed E-state index contributed by atoms with van der Waals surface area (Å²) in [7, 11) is 3.95. The van der Waals surface area contributed by atoms with Gasteiger partial charge in [-0.1, -0.05) is 42.3 Å². The third-order valence-electron chi connectivity index (χ3n) is 9.28. The SMILES string of the molecule is Cc1c(-c2nc3cc(CN4CCCCC4)cc(C#N)c3o2)cccc1-c1cccc(NC(=O)c2nc3c(n2C)CCN(C)C3)c1Cl. The quantitative estimate of drug-likeness (QED) is 0.216. The number of hydrogen-bond donors (Lipinski definition) is 1. The lowest BCUT2D eigenvalue weighted by Crippen LogP contribution is -2.29. The van der Waals surface area contributed by atoms with E-state index in [4.69, 9.17) is 21.0 Å². The molecule has 0 saturated carbocycles. The molecule has 9 nitrogen and oxygen atoms in total. The number of oxazole rings is 1. The van der Waals surface area contributed by atoms with E-state index in [2.05, 4.69) is 33.2 Å². The topological polar surface area (TPSA) is 103 Å². The Morgan fingerprint density at radius 3 is 2.59 bits per heavy atom. The molecule has 5 aromatic rings. The number of halogens is 1. The number of fused-ring (bicyclic) bond motifs is 2. The summed E-state index contributed by atoms with van der Waals surface area (Å²) in [4.78, 5) is 27.5. The predicted octanol–water partition coefficient (Wildman–Crippen LogP) is 6.95. The average Bonchev–Trinajstić information content (AvgIpc) is 3.63. The van der Waals surface area contributed by atoms with Crippen molar-refractivity contribution >= 4 is 34.3 Å². The smallest absolute Gasteiger partial charge is 0.291 e. The maximum Gasteiger partial charge on any atom is 0.291 e. The molecule has 1 saturated heterocycles. The monoisotopic (exact) mass is 633 g/mol. The second kappa shape index (κ2) is 12.4. The van der Waals surface area contributed by atoms with Crippen LogP contribution in [0.2, 0.25) is 5.02 Å². The largest absolute Gasteiger partial charge is 0.435 e. The van der Waals surface area contributed by atoms with Crippen LogP contribution in [-0.2, 0) is 26.6 Å². The summed E-state index contributed by atoms with van der Waals surface area (Å²) in [5.41, 5.74) is 8.67. The van der Waals surface area contributed by atoms with Crippen LogP contribution in [-0.4, -0.2) is 56.9 Å². The number of hydrogen-bond acceptors (Lipinski definition) is 7. The second-order valence-corrected chi connectivity index (χ2v) is 12.8. The van der Waals surface area contributed by atoms with Crippen molar-refractivity contribution in [3.8, 4) is 28.7 Å². The van der Waals surface area contributed by atoms with E-state index < -0.39 is 0 Å². The molecule has 7 rings (SSSR count). The Balaban J connectivity index is 1.19. The van der Waals surface area contributed by atoms with Crippen molar-refractivity contribution < 1.29 is 9.21 Å². The normalized spacial score (nSPS) is 15.5. The Bertz CT molecular complexity index is 2020. The van der Waals surface area contributed by atoms with Crippen molar-refractivity contribution in [1.82, 2.24) is 24.3 Å². The van der Waals surface area contributed by atoms with E-state index >= 15 is 0 Å². The molecule has 2 aliphatic heterocycles. The van der Waals surface area contributed by atoms with Crippen LogP contribution in [0.1, 0.15) is 58.0 Å². The number of benzene rings is 3. The summed E-state index contributed by atoms with van der Waals surface area (Å²) < 4.78 is 8.14. The molecule has 0 unspecified atom stereocenters. The van der Waals surface area contributed by atoms with E-state index in [-0.39, 0.29) is 5.91 Å². The van der Waals surface area contributed by atoms with Gasteiger partial charge in [0, 0.05) is 49.9 Å². The van der Waals surface area contributed by atoms with Crippen LogP contribution < -0.4 is 5.32 Å². The van der Waals surface area contributed by atoms with Crippen molar-refractivity contribution in [3.63, 3.8) is 0 Å². The molecule has 3 aromatic carbocycles. The number of nitriles is 1. The molecular weight excluding hydrogens is 598 g/mol. The number of nitrogens with zero attached hydrogens (tertiary/aromatic N) is 6. The number of piperidine rings is 1. The molecule has 0 bridgehead atoms. The fourth-order valence-electron chi connectivity index (χ4n) is 6.79. The van der Waals surface area contributed by atoms with Gasteiger partial charge in [0.05, 0.1) is 22.0 Å². The van der Waals surface area contributed by atoms with Gasteiger partial charge in [-0.15, -0.1) is 0 Å². The van der Waals surface area contributed by atoms with Crippen molar-refractivity contribution in [2.24, 2.45) is 7.05 Å². The first-order valence-electron chi connectivity index (χ1n) is 15.8. The van der Waals surface area contributed by atoms with Crippen LogP contribution in [0.5, 0.6) is 0 Å². The van der Waals surface area contributed by atoms with Crippen LogP contribution in [0.25, 0.3) is 33.7 Å². The van der Waals surface area contributed by atoms with Gasteiger partial charge in [0.2, 0.25) is 5.89 Å². The zero-order valence-electron chi connectivity index (χ0n) is 26.4. The first-order chi connectivity index (χ1) is 22.3. The Labute approximate surface area is 273 Å². The number of amides is 1. The summed E-state index contributed by atoms with van der Waals surface area (Å²) in [5.74, 6) is 0.515. The summed E-state index contributed by atoms with van der Waals surface area (Å²) in [5, 5.41) is 13.4. The van der Waals surface area contributed by atoms with E-state index in [0.717, 1.165) is 78.3 Å². The van der Waals surface area contributed by atoms with Gasteiger partial charge in [-0.2, -0.15) is 5.26 Å². The van der Waals surface area contributed by atoms with Gasteiger partial charge in [-0.3, -0.25) is 9.69 Å². The zero-order chi connectivity index (χ0) is 31.9. The standard InChI is InChI=1S/C36H36ClN7O2/c1-22-25(27-11-8-12-28(32(27)37)40-35(45)34-39-30-21-42(2)16-13-31(30)43(34)3)9-7-10-26(22)36-41-29-18-23(17-24(19-38)33(29)46-36)20-44-14-5-4-6-15-44/h7-12,17-18H,4-6,13-16,20-21H2,1-3H3,(H,40,45). The molecule has 234 valence electrons. The highest BCUT2D eigenvalue weighted by Gasteiger charge is 2.25. The summed E-state index contributed by atoms with van der Waals surface area (Å²) in [6, 6.07) is 17.8. The van der Waals surface area contributed by atoms with Gasteiger partial charge in [0.15, 0.2) is 11.4 Å². The first-order valence-corrected chi connectivity index (χ1v) is 16.2. The number of likely N-dealkylation sites (N-methyl/N-ethyl adjacent to an activating group) is 1. The molecule has 0 spiro atoms. The molecule has 10 heteroatoms. The minimum Gasteiger partial charge on any atom is -0.435 e. The highest BCUT2D eigenvalue weighted by atomic mass is 35.5. The van der Waals surface area contributed by atoms with Gasteiger partial charge in [-0.05, 0) is 80.9 Å². The van der Waals surface area contributed by atoms with Gasteiger partial charge in [0.25, 0.3) is 5.91 Å². The van der Waals surface area contributed by atoms with Gasteiger partial charge < -0.3 is 19.2 Å². The van der Waals surface area contributed by atoms with Crippen molar-refractivity contribution in [3.05, 3.63) is 87.5 Å². The van der Waals surface area contributed by atoms with Crippen LogP contribution in [0.15, 0.2) is 52.9 Å². The fourth-order valence-corrected chi connectivity index (χ4v) is 7.07. The molecule has 0 radical (unpaired) electrons. The molecule has 1 fully saturated rings. The summed E-state index contributed by atoms with van der Waals surface area (Å²) in [6.45, 7) is 6.61. The maximum absolute atomic E-state index is 13.4. The number of rotatable bonds is 6. The Morgan fingerprint density at radius 1 is 1.02 bits per heavy atom. The minimum absolute atomic E-state index is 0.302. The Kier molecular flexibility index (Phi) is 8.11. The average molecular weight is 634 g/mol. The predicted molar refractivity (Wildman–Crippen MR) is 180 cm³/mol. The number of aromatic nitrogens is 3. The number of imidazole rings is 1. The first kappa shape index (κ1) is 30.2. The van der Waals surface area contributed by atoms with Crippen LogP contribution >= 0.6 is 11.6 Å². The number of carbonyl (C=O) groups is 1. The number of nitrogens with one attached hydrogen (secondary N) is 1. The van der Waals surface area contributed by atoms with E-state index in [1.165, 1.54) is 19.3 Å². The van der Waals surface area contributed by atoms with Gasteiger partial charge in [0.1, 0.15) is 11.6 Å². The van der Waals surface area contributed by atoms with E-state index in [1.54, 1.807) is 6.07 Å². The second-order valence-electron chi connectivity index (χ2n) is 12.4. The fraction of sp³-hybridized carbons (Fsp3) is 0.333. The van der Waals surface area contributed by atoms with Crippen LogP contribution in [0.3, 0.4) is 0 Å².